The number of carbonyl (C=O) groups is 5. The Morgan fingerprint density at radius 2 is 1.48 bits per heavy atom. The molecular weight excluding hydrogens is 675 g/mol. The van der Waals surface area contributed by atoms with Crippen LogP contribution in [0.2, 0.25) is 0 Å². The van der Waals surface area contributed by atoms with E-state index in [0.29, 0.717) is 3.53 Å². The van der Waals surface area contributed by atoms with Crippen molar-refractivity contribution in [3.63, 3.8) is 0 Å². The van der Waals surface area contributed by atoms with Crippen LogP contribution < -0.4 is 0 Å². The minimum Gasteiger partial charge on any atom is -0.481 e. The Morgan fingerprint density at radius 1 is 0.896 bits per heavy atom. The number of ketones is 2. The number of esters is 2. The topological polar surface area (TPSA) is 157 Å². The molecule has 0 saturated carbocycles. The second-order valence-corrected chi connectivity index (χ2v) is 17.0. The molecule has 0 radical (unpaired) electrons. The molecule has 0 bridgehead atoms. The van der Waals surface area contributed by atoms with Crippen LogP contribution in [0, 0.1) is 22.2 Å². The van der Waals surface area contributed by atoms with Crippen LogP contribution in [0.3, 0.4) is 0 Å². The average Bonchev–Trinajstić information content (AvgIpc) is 3.01. The molecule has 0 fully saturated rings. The fraction of sp³-hybridized carbons (Fsp3) is 0.800. The molecule has 0 aliphatic rings. The van der Waals surface area contributed by atoms with Crippen LogP contribution >= 0.6 is 35.7 Å². The van der Waals surface area contributed by atoms with E-state index in [4.69, 9.17) is 26.4 Å². The summed E-state index contributed by atoms with van der Waals surface area (Å²) in [5, 5.41) is 19.2. The predicted molar refractivity (Wildman–Crippen MR) is 195 cm³/mol. The number of nitriles is 1. The minimum absolute atomic E-state index is 0.0157. The maximum Gasteiger partial charge on any atom is 0.313 e. The molecule has 3 unspecified atom stereocenters. The van der Waals surface area contributed by atoms with Gasteiger partial charge in [-0.2, -0.15) is 5.26 Å². The number of unbranched alkanes of at least 4 members (excludes halogenated alkanes) is 9. The highest BCUT2D eigenvalue weighted by atomic mass is 32.2. The molecule has 0 aromatic rings. The summed E-state index contributed by atoms with van der Waals surface area (Å²) in [6, 6.07) is 2.18. The second-order valence-electron chi connectivity index (χ2n) is 13.2. The molecule has 274 valence electrons. The number of carboxylic acids is 1. The molecule has 0 heterocycles. The highest BCUT2D eigenvalue weighted by Gasteiger charge is 2.49. The molecule has 0 rings (SSSR count). The van der Waals surface area contributed by atoms with E-state index < -0.39 is 33.5 Å². The molecule has 3 atom stereocenters. The Bertz CT molecular complexity index is 1100. The molecule has 0 aliphatic carbocycles. The van der Waals surface area contributed by atoms with Gasteiger partial charge in [0.1, 0.15) is 28.9 Å². The molecular formula is C35H57NO9S3. The van der Waals surface area contributed by atoms with E-state index in [1.54, 1.807) is 20.8 Å². The van der Waals surface area contributed by atoms with Gasteiger partial charge in [-0.3, -0.25) is 24.0 Å². The highest BCUT2D eigenvalue weighted by molar-refractivity contribution is 8.47. The third kappa shape index (κ3) is 20.5. The number of nitrogens with zero attached hydrogens (tertiary/aromatic N) is 1. The van der Waals surface area contributed by atoms with Crippen molar-refractivity contribution in [1.82, 2.24) is 0 Å². The Labute approximate surface area is 301 Å². The lowest BCUT2D eigenvalue weighted by molar-refractivity contribution is -0.154. The molecule has 48 heavy (non-hydrogen) atoms. The van der Waals surface area contributed by atoms with Crippen molar-refractivity contribution in [2.75, 3.05) is 32.7 Å². The summed E-state index contributed by atoms with van der Waals surface area (Å²) in [6.07, 6.45) is 11.5. The van der Waals surface area contributed by atoms with Crippen molar-refractivity contribution in [3.8, 4) is 6.07 Å². The van der Waals surface area contributed by atoms with Crippen molar-refractivity contribution >= 4 is 68.7 Å². The lowest BCUT2D eigenvalue weighted by atomic mass is 9.67. The Balaban J connectivity index is 5.59. The molecule has 10 nitrogen and oxygen atoms in total. The van der Waals surface area contributed by atoms with E-state index in [1.807, 2.05) is 0 Å². The van der Waals surface area contributed by atoms with Crippen LogP contribution in [0.4, 0.5) is 0 Å². The van der Waals surface area contributed by atoms with Gasteiger partial charge in [0.05, 0.1) is 35.4 Å². The first-order chi connectivity index (χ1) is 22.6. The van der Waals surface area contributed by atoms with Crippen molar-refractivity contribution in [3.05, 3.63) is 0 Å². The fourth-order valence-corrected chi connectivity index (χ4v) is 8.85. The number of carbonyl (C=O) groups excluding carboxylic acids is 4. The third-order valence-corrected chi connectivity index (χ3v) is 11.0. The number of thioether (sulfide) groups is 2. The van der Waals surface area contributed by atoms with Gasteiger partial charge in [-0.05, 0) is 59.1 Å². The monoisotopic (exact) mass is 731 g/mol. The zero-order chi connectivity index (χ0) is 36.6. The number of ether oxygens (including phenoxy) is 3. The van der Waals surface area contributed by atoms with Crippen molar-refractivity contribution in [1.29, 1.82) is 5.26 Å². The normalized spacial score (nSPS) is 14.9. The van der Waals surface area contributed by atoms with Gasteiger partial charge in [0.2, 0.25) is 0 Å². The number of carboxylic acid groups (broad SMARTS) is 1. The standard InChI is InChI=1S/C35H57NO9S3/c1-7-8-9-10-11-12-13-14-15-16-21-47-32(46)48-35(5,28(38)23-44-19-20-45-30(41)22-27(2)37)25-34(4,31(42)43-6)24-33(3,26-36)18-17-29(39)40/h7-25H2,1-6H3,(H,39,40). The summed E-state index contributed by atoms with van der Waals surface area (Å²) in [6.45, 7) is 7.84. The van der Waals surface area contributed by atoms with Crippen LogP contribution in [-0.2, 0) is 38.2 Å². The van der Waals surface area contributed by atoms with E-state index >= 15 is 0 Å². The number of thiocarbonyl (C=S) groups is 1. The smallest absolute Gasteiger partial charge is 0.313 e. The molecule has 13 heteroatoms. The summed E-state index contributed by atoms with van der Waals surface area (Å²) >= 11 is 8.37. The first-order valence-corrected chi connectivity index (χ1v) is 19.1. The van der Waals surface area contributed by atoms with E-state index in [2.05, 4.69) is 13.0 Å². The Morgan fingerprint density at radius 3 is 2.00 bits per heavy atom. The van der Waals surface area contributed by atoms with Crippen LogP contribution in [0.25, 0.3) is 0 Å². The van der Waals surface area contributed by atoms with Gasteiger partial charge in [-0.1, -0.05) is 88.7 Å². The first kappa shape index (κ1) is 46.0. The molecule has 0 aromatic heterocycles. The molecule has 0 saturated heterocycles. The average molecular weight is 732 g/mol. The molecule has 0 spiro atoms. The Kier molecular flexibility index (Phi) is 24.0. The number of hydrogen-bond acceptors (Lipinski definition) is 12. The maximum absolute atomic E-state index is 13.8. The number of hydrogen-bond donors (Lipinski definition) is 1. The van der Waals surface area contributed by atoms with E-state index in [9.17, 15) is 34.3 Å². The number of rotatable bonds is 28. The number of methoxy groups -OCH3 is 1. The minimum atomic E-state index is -1.34. The van der Waals surface area contributed by atoms with Gasteiger partial charge < -0.3 is 19.3 Å². The van der Waals surface area contributed by atoms with Crippen LogP contribution in [0.15, 0.2) is 0 Å². The zero-order valence-corrected chi connectivity index (χ0v) is 32.3. The molecule has 0 aromatic carbocycles. The summed E-state index contributed by atoms with van der Waals surface area (Å²) in [5.41, 5.74) is -2.52. The quantitative estimate of drug-likeness (QED) is 0.0359. The predicted octanol–water partition coefficient (Wildman–Crippen LogP) is 7.88. The van der Waals surface area contributed by atoms with Gasteiger partial charge in [-0.25, -0.2) is 0 Å². The van der Waals surface area contributed by atoms with Gasteiger partial charge in [0.25, 0.3) is 0 Å². The molecule has 0 aliphatic heterocycles. The largest absolute Gasteiger partial charge is 0.481 e. The van der Waals surface area contributed by atoms with Crippen molar-refractivity contribution < 1.29 is 43.3 Å². The third-order valence-electron chi connectivity index (χ3n) is 8.08. The first-order valence-electron chi connectivity index (χ1n) is 16.9. The summed E-state index contributed by atoms with van der Waals surface area (Å²) in [4.78, 5) is 61.1. The van der Waals surface area contributed by atoms with Gasteiger partial charge in [0, 0.05) is 6.42 Å². The molecule has 0 amide bonds. The van der Waals surface area contributed by atoms with Crippen LogP contribution in [0.5, 0.6) is 0 Å². The SMILES string of the molecule is CCCCCCCCCCCCSC(=S)SC(C)(CC(C)(CC(C)(C#N)CCC(=O)O)C(=O)OC)C(=O)COCCOC(=O)CC(C)=O. The number of Topliss-reactive ketones (excluding diaryl/α,β-unsaturated/α-hetero) is 2. The summed E-state index contributed by atoms with van der Waals surface area (Å²) in [7, 11) is 1.23. The van der Waals surface area contributed by atoms with E-state index in [-0.39, 0.29) is 63.5 Å². The lowest BCUT2D eigenvalue weighted by Gasteiger charge is -2.39. The Hall–Kier alpha value is -2.01. The van der Waals surface area contributed by atoms with Gasteiger partial charge >= 0.3 is 17.9 Å². The van der Waals surface area contributed by atoms with Crippen LogP contribution in [-0.4, -0.2) is 75.5 Å². The zero-order valence-electron chi connectivity index (χ0n) is 29.8. The van der Waals surface area contributed by atoms with Gasteiger partial charge in [-0.15, -0.1) is 11.8 Å². The summed E-state index contributed by atoms with van der Waals surface area (Å²) in [5.74, 6) is -2.24. The maximum atomic E-state index is 13.8. The van der Waals surface area contributed by atoms with E-state index in [1.165, 1.54) is 88.9 Å². The fourth-order valence-electron chi connectivity index (χ4n) is 5.56. The van der Waals surface area contributed by atoms with Crippen molar-refractivity contribution in [2.45, 2.75) is 136 Å². The highest BCUT2D eigenvalue weighted by Crippen LogP contribution is 2.47. The summed E-state index contributed by atoms with van der Waals surface area (Å²) < 4.78 is 14.9. The van der Waals surface area contributed by atoms with Gasteiger partial charge in [0.15, 0.2) is 5.78 Å². The number of aliphatic carboxylic acids is 1. The second kappa shape index (κ2) is 25.0. The lowest BCUT2D eigenvalue weighted by Crippen LogP contribution is -2.45. The van der Waals surface area contributed by atoms with Crippen LogP contribution in [0.1, 0.15) is 131 Å². The molecule has 1 N–H and O–H groups in total. The van der Waals surface area contributed by atoms with E-state index in [0.717, 1.165) is 18.6 Å². The van der Waals surface area contributed by atoms with Crippen molar-refractivity contribution in [2.24, 2.45) is 10.8 Å².